The zero-order valence-corrected chi connectivity index (χ0v) is 12.9. The second-order valence-electron chi connectivity index (χ2n) is 5.73. The average molecular weight is 293 g/mol. The molecule has 0 radical (unpaired) electrons. The van der Waals surface area contributed by atoms with E-state index in [1.165, 1.54) is 6.07 Å². The van der Waals surface area contributed by atoms with E-state index in [9.17, 15) is 10.1 Å². The third-order valence-corrected chi connectivity index (χ3v) is 3.60. The molecule has 0 atom stereocenters. The van der Waals surface area contributed by atoms with Gasteiger partial charge in [-0.15, -0.1) is 0 Å². The zero-order valence-electron chi connectivity index (χ0n) is 12.9. The van der Waals surface area contributed by atoms with Crippen LogP contribution in [0.5, 0.6) is 0 Å². The van der Waals surface area contributed by atoms with Gasteiger partial charge in [-0.1, -0.05) is 13.8 Å². The van der Waals surface area contributed by atoms with Gasteiger partial charge in [-0.2, -0.15) is 0 Å². The summed E-state index contributed by atoms with van der Waals surface area (Å²) < 4.78 is 0. The first-order valence-corrected chi connectivity index (χ1v) is 7.31. The van der Waals surface area contributed by atoms with Gasteiger partial charge in [0.05, 0.1) is 4.92 Å². The van der Waals surface area contributed by atoms with Crippen molar-refractivity contribution in [3.63, 3.8) is 0 Å². The second kappa shape index (κ2) is 6.71. The number of rotatable bonds is 5. The lowest BCUT2D eigenvalue weighted by atomic mass is 10.2. The van der Waals surface area contributed by atoms with Crippen LogP contribution in [0.3, 0.4) is 0 Å². The van der Waals surface area contributed by atoms with Gasteiger partial charge < -0.3 is 10.2 Å². The molecule has 7 heteroatoms. The molecule has 0 aliphatic carbocycles. The van der Waals surface area contributed by atoms with Gasteiger partial charge in [0.1, 0.15) is 5.82 Å². The molecule has 1 aliphatic heterocycles. The standard InChI is InChI=1S/C14H23N5O2/c1-11(2)10-17-6-8-18(9-7-17)14-12(19(20)21)4-5-13(15-3)16-14/h4-5,11H,6-10H2,1-3H3,(H,15,16). The number of aromatic nitrogens is 1. The quantitative estimate of drug-likeness (QED) is 0.659. The number of nitrogens with one attached hydrogen (secondary N) is 1. The van der Waals surface area contributed by atoms with E-state index in [0.29, 0.717) is 17.6 Å². The second-order valence-corrected chi connectivity index (χ2v) is 5.73. The molecule has 0 spiro atoms. The van der Waals surface area contributed by atoms with Crippen LogP contribution in [0.4, 0.5) is 17.3 Å². The van der Waals surface area contributed by atoms with Crippen LogP contribution in [0.1, 0.15) is 13.8 Å². The fraction of sp³-hybridized carbons (Fsp3) is 0.643. The molecule has 1 aromatic rings. The van der Waals surface area contributed by atoms with Gasteiger partial charge >= 0.3 is 5.69 Å². The van der Waals surface area contributed by atoms with Crippen LogP contribution in [-0.2, 0) is 0 Å². The molecule has 2 rings (SSSR count). The summed E-state index contributed by atoms with van der Waals surface area (Å²) in [5.41, 5.74) is 0.0753. The molecule has 1 saturated heterocycles. The SMILES string of the molecule is CNc1ccc([N+](=O)[O-])c(N2CCN(CC(C)C)CC2)n1. The maximum Gasteiger partial charge on any atom is 0.311 e. The zero-order chi connectivity index (χ0) is 15.4. The molecule has 1 fully saturated rings. The van der Waals surface area contributed by atoms with E-state index in [1.807, 2.05) is 4.90 Å². The monoisotopic (exact) mass is 293 g/mol. The van der Waals surface area contributed by atoms with Crippen LogP contribution in [0.15, 0.2) is 12.1 Å². The molecular formula is C14H23N5O2. The summed E-state index contributed by atoms with van der Waals surface area (Å²) in [5, 5.41) is 14.1. The fourth-order valence-electron chi connectivity index (χ4n) is 2.61. The Labute approximate surface area is 125 Å². The average Bonchev–Trinajstić information content (AvgIpc) is 2.46. The minimum absolute atomic E-state index is 0.0753. The number of hydrogen-bond donors (Lipinski definition) is 1. The smallest absolute Gasteiger partial charge is 0.311 e. The highest BCUT2D eigenvalue weighted by molar-refractivity contribution is 5.62. The van der Waals surface area contributed by atoms with Crippen molar-refractivity contribution in [1.29, 1.82) is 0 Å². The van der Waals surface area contributed by atoms with Crippen LogP contribution in [-0.4, -0.2) is 54.6 Å². The van der Waals surface area contributed by atoms with Crippen LogP contribution >= 0.6 is 0 Å². The Balaban J connectivity index is 2.13. The Kier molecular flexibility index (Phi) is 4.95. The molecule has 0 aromatic carbocycles. The van der Waals surface area contributed by atoms with Gasteiger partial charge in [0.25, 0.3) is 0 Å². The van der Waals surface area contributed by atoms with Crippen molar-refractivity contribution in [3.05, 3.63) is 22.2 Å². The normalized spacial score (nSPS) is 16.3. The van der Waals surface area contributed by atoms with E-state index in [-0.39, 0.29) is 10.6 Å². The van der Waals surface area contributed by atoms with Gasteiger partial charge in [-0.3, -0.25) is 15.0 Å². The molecule has 116 valence electrons. The number of hydrogen-bond acceptors (Lipinski definition) is 6. The van der Waals surface area contributed by atoms with Gasteiger partial charge in [0, 0.05) is 45.8 Å². The summed E-state index contributed by atoms with van der Waals surface area (Å²) in [5.74, 6) is 1.76. The Bertz CT molecular complexity index is 498. The van der Waals surface area contributed by atoms with Gasteiger partial charge in [0.15, 0.2) is 0 Å². The highest BCUT2D eigenvalue weighted by atomic mass is 16.6. The topological polar surface area (TPSA) is 74.5 Å². The van der Waals surface area contributed by atoms with Crippen molar-refractivity contribution in [2.45, 2.75) is 13.8 Å². The molecule has 2 heterocycles. The molecule has 1 aliphatic rings. The first kappa shape index (κ1) is 15.5. The van der Waals surface area contributed by atoms with E-state index in [4.69, 9.17) is 0 Å². The number of nitro groups is 1. The molecule has 1 N–H and O–H groups in total. The Morgan fingerprint density at radius 3 is 2.52 bits per heavy atom. The molecule has 7 nitrogen and oxygen atoms in total. The molecule has 21 heavy (non-hydrogen) atoms. The molecule has 0 amide bonds. The molecule has 0 unspecified atom stereocenters. The maximum atomic E-state index is 11.2. The minimum atomic E-state index is -0.359. The summed E-state index contributed by atoms with van der Waals surface area (Å²) in [7, 11) is 1.76. The van der Waals surface area contributed by atoms with E-state index >= 15 is 0 Å². The minimum Gasteiger partial charge on any atom is -0.373 e. The van der Waals surface area contributed by atoms with Crippen LogP contribution in [0.2, 0.25) is 0 Å². The van der Waals surface area contributed by atoms with Crippen molar-refractivity contribution in [2.24, 2.45) is 5.92 Å². The summed E-state index contributed by atoms with van der Waals surface area (Å²) >= 11 is 0. The fourth-order valence-corrected chi connectivity index (χ4v) is 2.61. The lowest BCUT2D eigenvalue weighted by Gasteiger charge is -2.35. The number of nitrogens with zero attached hydrogens (tertiary/aromatic N) is 4. The van der Waals surface area contributed by atoms with Crippen molar-refractivity contribution in [2.75, 3.05) is 50.0 Å². The van der Waals surface area contributed by atoms with E-state index in [0.717, 1.165) is 32.7 Å². The van der Waals surface area contributed by atoms with Crippen LogP contribution in [0.25, 0.3) is 0 Å². The van der Waals surface area contributed by atoms with Gasteiger partial charge in [-0.25, -0.2) is 4.98 Å². The molecule has 0 saturated carbocycles. The number of piperazine rings is 1. The van der Waals surface area contributed by atoms with Crippen molar-refractivity contribution < 1.29 is 4.92 Å². The van der Waals surface area contributed by atoms with E-state index in [2.05, 4.69) is 29.0 Å². The lowest BCUT2D eigenvalue weighted by Crippen LogP contribution is -2.47. The predicted octanol–water partition coefficient (Wildman–Crippen LogP) is 1.81. The maximum absolute atomic E-state index is 11.2. The van der Waals surface area contributed by atoms with Crippen LogP contribution in [0, 0.1) is 16.0 Å². The van der Waals surface area contributed by atoms with E-state index in [1.54, 1.807) is 13.1 Å². The van der Waals surface area contributed by atoms with E-state index < -0.39 is 0 Å². The molecular weight excluding hydrogens is 270 g/mol. The third-order valence-electron chi connectivity index (χ3n) is 3.60. The van der Waals surface area contributed by atoms with Gasteiger partial charge in [-0.05, 0) is 12.0 Å². The summed E-state index contributed by atoms with van der Waals surface area (Å²) in [6.45, 7) is 8.85. The first-order valence-electron chi connectivity index (χ1n) is 7.31. The molecule has 0 bridgehead atoms. The Hall–Kier alpha value is -1.89. The Morgan fingerprint density at radius 1 is 1.33 bits per heavy atom. The first-order chi connectivity index (χ1) is 10.0. The Morgan fingerprint density at radius 2 is 2.00 bits per heavy atom. The van der Waals surface area contributed by atoms with Gasteiger partial charge in [0.2, 0.25) is 5.82 Å². The highest BCUT2D eigenvalue weighted by Crippen LogP contribution is 2.28. The molecule has 1 aromatic heterocycles. The third kappa shape index (κ3) is 3.81. The van der Waals surface area contributed by atoms with Crippen molar-refractivity contribution in [1.82, 2.24) is 9.88 Å². The number of anilines is 2. The largest absolute Gasteiger partial charge is 0.373 e. The summed E-state index contributed by atoms with van der Waals surface area (Å²) in [6, 6.07) is 3.16. The number of pyridine rings is 1. The summed E-state index contributed by atoms with van der Waals surface area (Å²) in [4.78, 5) is 19.6. The summed E-state index contributed by atoms with van der Waals surface area (Å²) in [6.07, 6.45) is 0. The predicted molar refractivity (Wildman–Crippen MR) is 83.9 cm³/mol. The lowest BCUT2D eigenvalue weighted by molar-refractivity contribution is -0.384. The van der Waals surface area contributed by atoms with Crippen molar-refractivity contribution >= 4 is 17.3 Å². The van der Waals surface area contributed by atoms with Crippen molar-refractivity contribution in [3.8, 4) is 0 Å². The van der Waals surface area contributed by atoms with Crippen LogP contribution < -0.4 is 10.2 Å². The highest BCUT2D eigenvalue weighted by Gasteiger charge is 2.25.